The third-order valence-corrected chi connectivity index (χ3v) is 3.09. The molecule has 1 aromatic rings. The normalized spacial score (nSPS) is 11.3. The van der Waals surface area contributed by atoms with Gasteiger partial charge in [0.2, 0.25) is 0 Å². The summed E-state index contributed by atoms with van der Waals surface area (Å²) in [6, 6.07) is 8.22. The Balaban J connectivity index is 0.00000441. The molecule has 0 saturated carbocycles. The minimum absolute atomic E-state index is 0. The summed E-state index contributed by atoms with van der Waals surface area (Å²) < 4.78 is 5.87. The lowest BCUT2D eigenvalue weighted by Crippen LogP contribution is -2.40. The van der Waals surface area contributed by atoms with E-state index in [1.165, 1.54) is 5.56 Å². The Morgan fingerprint density at radius 3 is 2.41 bits per heavy atom. The second-order valence-corrected chi connectivity index (χ2v) is 5.81. The van der Waals surface area contributed by atoms with Crippen LogP contribution in [0, 0.1) is 5.92 Å². The molecule has 0 bridgehead atoms. The van der Waals surface area contributed by atoms with E-state index in [0.717, 1.165) is 24.8 Å². The van der Waals surface area contributed by atoms with Crippen LogP contribution in [-0.2, 0) is 0 Å². The fourth-order valence-electron chi connectivity index (χ4n) is 1.94. The number of hydrogen-bond donors (Lipinski definition) is 2. The molecule has 0 atom stereocenters. The van der Waals surface area contributed by atoms with E-state index >= 15 is 0 Å². The van der Waals surface area contributed by atoms with Crippen LogP contribution in [0.25, 0.3) is 0 Å². The summed E-state index contributed by atoms with van der Waals surface area (Å²) in [6.07, 6.45) is 0. The smallest absolute Gasteiger partial charge is 0.191 e. The standard InChI is InChI=1S/C17H29N3O.HI/c1-13(2)12-20-17(18-5)19-10-11-21-16-9-7-6-8-15(16)14(3)4;/h6-9,13-14H,10-12H2,1-5H3,(H2,18,19,20);1H. The minimum atomic E-state index is 0. The van der Waals surface area contributed by atoms with E-state index in [1.54, 1.807) is 7.05 Å². The van der Waals surface area contributed by atoms with E-state index in [9.17, 15) is 0 Å². The van der Waals surface area contributed by atoms with Crippen molar-refractivity contribution in [3.63, 3.8) is 0 Å². The molecular weight excluding hydrogens is 389 g/mol. The zero-order chi connectivity index (χ0) is 15.7. The Morgan fingerprint density at radius 1 is 1.14 bits per heavy atom. The summed E-state index contributed by atoms with van der Waals surface area (Å²) in [7, 11) is 1.78. The van der Waals surface area contributed by atoms with Gasteiger partial charge in [-0.1, -0.05) is 45.9 Å². The number of rotatable bonds is 7. The topological polar surface area (TPSA) is 45.7 Å². The third-order valence-electron chi connectivity index (χ3n) is 3.09. The van der Waals surface area contributed by atoms with Crippen molar-refractivity contribution in [2.45, 2.75) is 33.6 Å². The average molecular weight is 419 g/mol. The lowest BCUT2D eigenvalue weighted by atomic mass is 10.0. The number of nitrogens with zero attached hydrogens (tertiary/aromatic N) is 1. The van der Waals surface area contributed by atoms with Crippen LogP contribution in [-0.4, -0.2) is 32.7 Å². The van der Waals surface area contributed by atoms with Crippen molar-refractivity contribution < 1.29 is 4.74 Å². The van der Waals surface area contributed by atoms with Gasteiger partial charge in [-0.2, -0.15) is 0 Å². The molecule has 1 aromatic carbocycles. The zero-order valence-electron chi connectivity index (χ0n) is 14.3. The van der Waals surface area contributed by atoms with Crippen LogP contribution in [0.4, 0.5) is 0 Å². The van der Waals surface area contributed by atoms with Crippen molar-refractivity contribution in [1.82, 2.24) is 10.6 Å². The third kappa shape index (κ3) is 7.87. The van der Waals surface area contributed by atoms with E-state index < -0.39 is 0 Å². The Labute approximate surface area is 152 Å². The molecule has 0 aliphatic rings. The van der Waals surface area contributed by atoms with E-state index in [1.807, 2.05) is 12.1 Å². The number of guanidine groups is 1. The van der Waals surface area contributed by atoms with Crippen molar-refractivity contribution >= 4 is 29.9 Å². The molecule has 0 aliphatic carbocycles. The molecule has 22 heavy (non-hydrogen) atoms. The predicted molar refractivity (Wildman–Crippen MR) is 106 cm³/mol. The number of para-hydroxylation sites is 1. The molecule has 0 saturated heterocycles. The maximum Gasteiger partial charge on any atom is 0.191 e. The van der Waals surface area contributed by atoms with Crippen LogP contribution >= 0.6 is 24.0 Å². The SMILES string of the molecule is CN=C(NCCOc1ccccc1C(C)C)NCC(C)C.I. The van der Waals surface area contributed by atoms with E-state index in [4.69, 9.17) is 4.74 Å². The molecule has 0 aromatic heterocycles. The molecule has 4 nitrogen and oxygen atoms in total. The van der Waals surface area contributed by atoms with Gasteiger partial charge in [-0.25, -0.2) is 0 Å². The Hall–Kier alpha value is -0.980. The second-order valence-electron chi connectivity index (χ2n) is 5.81. The monoisotopic (exact) mass is 419 g/mol. The van der Waals surface area contributed by atoms with Gasteiger partial charge >= 0.3 is 0 Å². The molecule has 0 radical (unpaired) electrons. The molecule has 0 heterocycles. The fraction of sp³-hybridized carbons (Fsp3) is 0.588. The van der Waals surface area contributed by atoms with Crippen molar-refractivity contribution in [3.8, 4) is 5.75 Å². The first-order chi connectivity index (χ1) is 10.0. The highest BCUT2D eigenvalue weighted by atomic mass is 127. The highest BCUT2D eigenvalue weighted by Gasteiger charge is 2.06. The van der Waals surface area contributed by atoms with E-state index in [0.29, 0.717) is 18.4 Å². The average Bonchev–Trinajstić information content (AvgIpc) is 2.46. The van der Waals surface area contributed by atoms with Gasteiger partial charge in [0, 0.05) is 13.6 Å². The number of nitrogens with one attached hydrogen (secondary N) is 2. The molecular formula is C17H30IN3O. The Bertz CT molecular complexity index is 447. The summed E-state index contributed by atoms with van der Waals surface area (Å²) in [5, 5.41) is 6.54. The molecule has 0 spiro atoms. The summed E-state index contributed by atoms with van der Waals surface area (Å²) >= 11 is 0. The first-order valence-corrected chi connectivity index (χ1v) is 7.70. The lowest BCUT2D eigenvalue weighted by molar-refractivity contribution is 0.317. The van der Waals surface area contributed by atoms with Gasteiger partial charge in [-0.3, -0.25) is 4.99 Å². The zero-order valence-corrected chi connectivity index (χ0v) is 16.7. The number of ether oxygens (including phenoxy) is 1. The predicted octanol–water partition coefficient (Wildman–Crippen LogP) is 3.63. The maximum atomic E-state index is 5.87. The van der Waals surface area contributed by atoms with Crippen LogP contribution in [0.1, 0.15) is 39.2 Å². The molecule has 0 unspecified atom stereocenters. The molecule has 126 valence electrons. The molecule has 0 fully saturated rings. The quantitative estimate of drug-likeness (QED) is 0.307. The fourth-order valence-corrected chi connectivity index (χ4v) is 1.94. The molecule has 0 amide bonds. The summed E-state index contributed by atoms with van der Waals surface area (Å²) in [4.78, 5) is 4.19. The van der Waals surface area contributed by atoms with Crippen molar-refractivity contribution in [2.24, 2.45) is 10.9 Å². The highest BCUT2D eigenvalue weighted by Crippen LogP contribution is 2.25. The van der Waals surface area contributed by atoms with Gasteiger partial charge in [0.15, 0.2) is 5.96 Å². The Kier molecular flexibility index (Phi) is 11.1. The summed E-state index contributed by atoms with van der Waals surface area (Å²) in [5.41, 5.74) is 1.25. The minimum Gasteiger partial charge on any atom is -0.491 e. The maximum absolute atomic E-state index is 5.87. The number of halogens is 1. The first-order valence-electron chi connectivity index (χ1n) is 7.70. The largest absolute Gasteiger partial charge is 0.491 e. The van der Waals surface area contributed by atoms with Crippen molar-refractivity contribution in [3.05, 3.63) is 29.8 Å². The summed E-state index contributed by atoms with van der Waals surface area (Å²) in [6.45, 7) is 11.0. The second kappa shape index (κ2) is 11.6. The highest BCUT2D eigenvalue weighted by molar-refractivity contribution is 14.0. The van der Waals surface area contributed by atoms with Crippen LogP contribution in [0.3, 0.4) is 0 Å². The van der Waals surface area contributed by atoms with Crippen molar-refractivity contribution in [2.75, 3.05) is 26.7 Å². The Morgan fingerprint density at radius 2 is 1.82 bits per heavy atom. The van der Waals surface area contributed by atoms with Crippen LogP contribution in [0.5, 0.6) is 5.75 Å². The van der Waals surface area contributed by atoms with Gasteiger partial charge in [-0.05, 0) is 23.5 Å². The lowest BCUT2D eigenvalue weighted by Gasteiger charge is -2.16. The van der Waals surface area contributed by atoms with Crippen LogP contribution < -0.4 is 15.4 Å². The molecule has 0 aliphatic heterocycles. The van der Waals surface area contributed by atoms with Gasteiger partial charge in [-0.15, -0.1) is 24.0 Å². The first kappa shape index (κ1) is 21.0. The number of benzene rings is 1. The van der Waals surface area contributed by atoms with Gasteiger partial charge in [0.1, 0.15) is 12.4 Å². The van der Waals surface area contributed by atoms with E-state index in [2.05, 4.69) is 55.5 Å². The van der Waals surface area contributed by atoms with Crippen molar-refractivity contribution in [1.29, 1.82) is 0 Å². The van der Waals surface area contributed by atoms with Gasteiger partial charge in [0.25, 0.3) is 0 Å². The van der Waals surface area contributed by atoms with Gasteiger partial charge in [0.05, 0.1) is 6.54 Å². The number of hydrogen-bond acceptors (Lipinski definition) is 2. The van der Waals surface area contributed by atoms with Gasteiger partial charge < -0.3 is 15.4 Å². The van der Waals surface area contributed by atoms with Crippen LogP contribution in [0.15, 0.2) is 29.3 Å². The van der Waals surface area contributed by atoms with Crippen LogP contribution in [0.2, 0.25) is 0 Å². The number of aliphatic imine (C=N–C) groups is 1. The summed E-state index contributed by atoms with van der Waals surface area (Å²) in [5.74, 6) is 2.86. The molecule has 1 rings (SSSR count). The molecule has 2 N–H and O–H groups in total. The van der Waals surface area contributed by atoms with E-state index in [-0.39, 0.29) is 24.0 Å². The molecule has 5 heteroatoms.